The van der Waals surface area contributed by atoms with Crippen LogP contribution in [0.3, 0.4) is 0 Å². The second-order valence-electron chi connectivity index (χ2n) is 9.15. The van der Waals surface area contributed by atoms with Crippen LogP contribution in [0.4, 0.5) is 11.4 Å². The molecule has 170 valence electrons. The van der Waals surface area contributed by atoms with Gasteiger partial charge >= 0.3 is 11.8 Å². The zero-order valence-corrected chi connectivity index (χ0v) is 19.4. The maximum atomic E-state index is 12.6. The molecule has 0 unspecified atom stereocenters. The third-order valence-electron chi connectivity index (χ3n) is 6.72. The Hall–Kier alpha value is -2.86. The first-order chi connectivity index (χ1) is 15.4. The van der Waals surface area contributed by atoms with E-state index in [4.69, 9.17) is 0 Å². The lowest BCUT2D eigenvalue weighted by Gasteiger charge is -2.31. The highest BCUT2D eigenvalue weighted by atomic mass is 16.2. The quantitative estimate of drug-likeness (QED) is 0.706. The number of carbonyl (C=O) groups is 2. The summed E-state index contributed by atoms with van der Waals surface area (Å²) in [6.45, 7) is 7.44. The van der Waals surface area contributed by atoms with Crippen LogP contribution in [0.1, 0.15) is 47.6 Å². The molecule has 4 rings (SSSR count). The van der Waals surface area contributed by atoms with E-state index in [9.17, 15) is 9.59 Å². The number of hydrogen-bond acceptors (Lipinski definition) is 4. The van der Waals surface area contributed by atoms with Crippen LogP contribution < -0.4 is 15.5 Å². The summed E-state index contributed by atoms with van der Waals surface area (Å²) in [7, 11) is 2.14. The Morgan fingerprint density at radius 2 is 1.75 bits per heavy atom. The molecule has 0 spiro atoms. The molecule has 2 aliphatic heterocycles. The van der Waals surface area contributed by atoms with Gasteiger partial charge in [0.25, 0.3) is 0 Å². The van der Waals surface area contributed by atoms with E-state index in [1.54, 1.807) is 0 Å². The van der Waals surface area contributed by atoms with Crippen molar-refractivity contribution in [2.75, 3.05) is 43.4 Å². The van der Waals surface area contributed by atoms with Crippen molar-refractivity contribution in [3.8, 4) is 0 Å². The molecule has 0 radical (unpaired) electrons. The summed E-state index contributed by atoms with van der Waals surface area (Å²) in [6, 6.07) is 12.6. The van der Waals surface area contributed by atoms with Crippen LogP contribution in [-0.4, -0.2) is 49.9 Å². The molecule has 1 atom stereocenters. The molecule has 2 heterocycles. The van der Waals surface area contributed by atoms with Crippen LogP contribution in [0.2, 0.25) is 0 Å². The largest absolute Gasteiger partial charge is 0.374 e. The van der Waals surface area contributed by atoms with Crippen molar-refractivity contribution in [1.29, 1.82) is 0 Å². The first kappa shape index (κ1) is 22.3. The molecule has 0 aliphatic carbocycles. The molecule has 2 aliphatic rings. The summed E-state index contributed by atoms with van der Waals surface area (Å²) in [5.41, 5.74) is 6.55. The molecular formula is C26H34N4O2. The Labute approximate surface area is 191 Å². The van der Waals surface area contributed by atoms with E-state index in [2.05, 4.69) is 45.7 Å². The maximum absolute atomic E-state index is 12.6. The van der Waals surface area contributed by atoms with Crippen LogP contribution in [0, 0.1) is 13.8 Å². The average molecular weight is 435 g/mol. The molecule has 0 bridgehead atoms. The van der Waals surface area contributed by atoms with Crippen molar-refractivity contribution in [2.45, 2.75) is 45.6 Å². The van der Waals surface area contributed by atoms with Gasteiger partial charge in [-0.25, -0.2) is 0 Å². The second-order valence-corrected chi connectivity index (χ2v) is 9.15. The van der Waals surface area contributed by atoms with Gasteiger partial charge in [0.1, 0.15) is 0 Å². The van der Waals surface area contributed by atoms with Gasteiger partial charge in [0.15, 0.2) is 0 Å². The maximum Gasteiger partial charge on any atom is 0.313 e. The predicted molar refractivity (Wildman–Crippen MR) is 129 cm³/mol. The van der Waals surface area contributed by atoms with Gasteiger partial charge < -0.3 is 15.5 Å². The zero-order chi connectivity index (χ0) is 22.7. The van der Waals surface area contributed by atoms with Gasteiger partial charge in [-0.15, -0.1) is 0 Å². The first-order valence-electron chi connectivity index (χ1n) is 11.7. The average Bonchev–Trinajstić information content (AvgIpc) is 3.31. The molecule has 2 amide bonds. The van der Waals surface area contributed by atoms with Crippen molar-refractivity contribution in [3.05, 3.63) is 58.7 Å². The number of fused-ring (bicyclic) bond motifs is 1. The number of nitrogens with zero attached hydrogens (tertiary/aromatic N) is 2. The number of rotatable bonds is 5. The fourth-order valence-corrected chi connectivity index (χ4v) is 4.84. The smallest absolute Gasteiger partial charge is 0.313 e. The molecule has 6 heteroatoms. The molecule has 2 N–H and O–H groups in total. The summed E-state index contributed by atoms with van der Waals surface area (Å²) in [5.74, 6) is -1.21. The zero-order valence-electron chi connectivity index (χ0n) is 19.4. The molecule has 1 saturated heterocycles. The van der Waals surface area contributed by atoms with Crippen molar-refractivity contribution in [2.24, 2.45) is 0 Å². The lowest BCUT2D eigenvalue weighted by Crippen LogP contribution is -2.41. The number of hydrogen-bond donors (Lipinski definition) is 2. The molecule has 0 saturated carbocycles. The predicted octanol–water partition coefficient (Wildman–Crippen LogP) is 3.58. The normalized spacial score (nSPS) is 17.0. The summed E-state index contributed by atoms with van der Waals surface area (Å²) < 4.78 is 0. The summed E-state index contributed by atoms with van der Waals surface area (Å²) in [5, 5.41) is 5.66. The second kappa shape index (κ2) is 9.74. The van der Waals surface area contributed by atoms with E-state index in [1.165, 1.54) is 29.7 Å². The van der Waals surface area contributed by atoms with Crippen LogP contribution in [0.25, 0.3) is 0 Å². The minimum atomic E-state index is -0.620. The van der Waals surface area contributed by atoms with Gasteiger partial charge in [-0.05, 0) is 87.0 Å². The summed E-state index contributed by atoms with van der Waals surface area (Å²) in [4.78, 5) is 29.9. The fourth-order valence-electron chi connectivity index (χ4n) is 4.84. The van der Waals surface area contributed by atoms with E-state index in [0.29, 0.717) is 12.2 Å². The van der Waals surface area contributed by atoms with Gasteiger partial charge in [-0.3, -0.25) is 14.5 Å². The molecular weight excluding hydrogens is 400 g/mol. The Morgan fingerprint density at radius 1 is 0.969 bits per heavy atom. The molecule has 1 fully saturated rings. The van der Waals surface area contributed by atoms with Crippen molar-refractivity contribution < 1.29 is 9.59 Å². The topological polar surface area (TPSA) is 64.7 Å². The number of aryl methyl sites for hydroxylation is 3. The highest BCUT2D eigenvalue weighted by Gasteiger charge is 2.26. The molecule has 32 heavy (non-hydrogen) atoms. The summed E-state index contributed by atoms with van der Waals surface area (Å²) in [6.07, 6.45) is 4.60. The van der Waals surface area contributed by atoms with Crippen LogP contribution in [-0.2, 0) is 16.0 Å². The van der Waals surface area contributed by atoms with Crippen molar-refractivity contribution >= 4 is 23.2 Å². The number of amides is 2. The Kier molecular flexibility index (Phi) is 6.80. The van der Waals surface area contributed by atoms with E-state index in [-0.39, 0.29) is 6.04 Å². The van der Waals surface area contributed by atoms with E-state index in [0.717, 1.165) is 43.6 Å². The molecule has 0 aromatic heterocycles. The highest BCUT2D eigenvalue weighted by molar-refractivity contribution is 6.39. The van der Waals surface area contributed by atoms with E-state index in [1.807, 2.05) is 32.0 Å². The van der Waals surface area contributed by atoms with Crippen molar-refractivity contribution in [3.63, 3.8) is 0 Å². The number of benzene rings is 2. The number of likely N-dealkylation sites (tertiary alicyclic amines) is 1. The van der Waals surface area contributed by atoms with Crippen LogP contribution >= 0.6 is 0 Å². The third kappa shape index (κ3) is 4.96. The Bertz CT molecular complexity index is 997. The van der Waals surface area contributed by atoms with Gasteiger partial charge in [0.2, 0.25) is 0 Å². The lowest BCUT2D eigenvalue weighted by molar-refractivity contribution is -0.136. The van der Waals surface area contributed by atoms with Gasteiger partial charge in [0, 0.05) is 31.5 Å². The monoisotopic (exact) mass is 434 g/mol. The van der Waals surface area contributed by atoms with Gasteiger partial charge in [-0.1, -0.05) is 24.3 Å². The fraction of sp³-hybridized carbons (Fsp3) is 0.462. The third-order valence-corrected chi connectivity index (χ3v) is 6.72. The minimum absolute atomic E-state index is 0.0764. The SMILES string of the molecule is Cc1ccc(C)c(NC(=O)C(=O)NC[C@H](c2ccc3c(c2)CCCN3C)N2CCCC2)c1. The van der Waals surface area contributed by atoms with Gasteiger partial charge in [-0.2, -0.15) is 0 Å². The van der Waals surface area contributed by atoms with Gasteiger partial charge in [0.05, 0.1) is 6.04 Å². The Morgan fingerprint density at radius 3 is 2.53 bits per heavy atom. The minimum Gasteiger partial charge on any atom is -0.374 e. The highest BCUT2D eigenvalue weighted by Crippen LogP contribution is 2.31. The standard InChI is InChI=1S/C26H34N4O2/c1-18-8-9-19(2)22(15-18)28-26(32)25(31)27-17-24(30-13-4-5-14-30)21-10-11-23-20(16-21)7-6-12-29(23)3/h8-11,15-16,24H,4-7,12-14,17H2,1-3H3,(H,27,31)(H,28,32)/t24-/m1/s1. The Balaban J connectivity index is 1.46. The first-order valence-corrected chi connectivity index (χ1v) is 11.7. The number of anilines is 2. The van der Waals surface area contributed by atoms with Crippen molar-refractivity contribution in [1.82, 2.24) is 10.2 Å². The molecule has 2 aromatic carbocycles. The molecule has 2 aromatic rings. The van der Waals surface area contributed by atoms with Crippen LogP contribution in [0.5, 0.6) is 0 Å². The lowest BCUT2D eigenvalue weighted by atomic mass is 9.96. The molecule has 6 nitrogen and oxygen atoms in total. The van der Waals surface area contributed by atoms with E-state index < -0.39 is 11.8 Å². The van der Waals surface area contributed by atoms with Crippen LogP contribution in [0.15, 0.2) is 36.4 Å². The summed E-state index contributed by atoms with van der Waals surface area (Å²) >= 11 is 0. The van der Waals surface area contributed by atoms with E-state index >= 15 is 0 Å². The number of nitrogens with one attached hydrogen (secondary N) is 2. The number of carbonyl (C=O) groups excluding carboxylic acids is 2.